The predicted molar refractivity (Wildman–Crippen MR) is 109 cm³/mol. The number of nitro groups is 1. The molecule has 30 heavy (non-hydrogen) atoms. The van der Waals surface area contributed by atoms with Gasteiger partial charge in [-0.2, -0.15) is 0 Å². The number of aliphatic hydroxyl groups is 1. The standard InChI is InChI=1S/C21H23N3O6/c25-16-5-2-14(3-6-16)23-18-7-4-15(24(27)28)10-17(18)21(26)22-11-13-1-8-19-20(9-13)30-12-29-19/h1,4,7-10,14,16,23,25H,2-3,5-6,11-12H2,(H,22,26). The molecule has 0 bridgehead atoms. The van der Waals surface area contributed by atoms with Gasteiger partial charge in [-0.15, -0.1) is 0 Å². The maximum atomic E-state index is 12.9. The van der Waals surface area contributed by atoms with Crippen LogP contribution in [0.1, 0.15) is 41.6 Å². The van der Waals surface area contributed by atoms with Gasteiger partial charge in [-0.1, -0.05) is 6.07 Å². The summed E-state index contributed by atoms with van der Waals surface area (Å²) in [5.41, 5.74) is 1.45. The Labute approximate surface area is 173 Å². The lowest BCUT2D eigenvalue weighted by Gasteiger charge is -2.27. The Bertz CT molecular complexity index is 956. The number of nitrogens with zero attached hydrogens (tertiary/aromatic N) is 1. The summed E-state index contributed by atoms with van der Waals surface area (Å²) in [7, 11) is 0. The van der Waals surface area contributed by atoms with Gasteiger partial charge in [-0.3, -0.25) is 14.9 Å². The van der Waals surface area contributed by atoms with E-state index in [1.807, 2.05) is 6.07 Å². The molecule has 0 radical (unpaired) electrons. The van der Waals surface area contributed by atoms with Crippen LogP contribution in [0, 0.1) is 10.1 Å². The summed E-state index contributed by atoms with van der Waals surface area (Å²) in [6.45, 7) is 0.416. The number of hydrogen-bond acceptors (Lipinski definition) is 7. The van der Waals surface area contributed by atoms with Crippen LogP contribution in [0.5, 0.6) is 11.5 Å². The first-order valence-corrected chi connectivity index (χ1v) is 9.89. The van der Waals surface area contributed by atoms with Gasteiger partial charge in [-0.25, -0.2) is 0 Å². The zero-order chi connectivity index (χ0) is 21.1. The molecule has 1 amide bonds. The van der Waals surface area contributed by atoms with E-state index in [1.165, 1.54) is 12.1 Å². The molecule has 9 heteroatoms. The molecule has 158 valence electrons. The minimum absolute atomic E-state index is 0.107. The molecule has 1 fully saturated rings. The van der Waals surface area contributed by atoms with Crippen LogP contribution in [0.25, 0.3) is 0 Å². The normalized spacial score (nSPS) is 19.9. The molecular formula is C21H23N3O6. The summed E-state index contributed by atoms with van der Waals surface area (Å²) in [4.78, 5) is 23.6. The Morgan fingerprint density at radius 2 is 1.87 bits per heavy atom. The number of fused-ring (bicyclic) bond motifs is 1. The molecule has 1 aliphatic carbocycles. The third-order valence-corrected chi connectivity index (χ3v) is 5.40. The third-order valence-electron chi connectivity index (χ3n) is 5.40. The summed E-state index contributed by atoms with van der Waals surface area (Å²) >= 11 is 0. The van der Waals surface area contributed by atoms with E-state index >= 15 is 0 Å². The Kier molecular flexibility index (Phi) is 5.71. The fourth-order valence-corrected chi connectivity index (χ4v) is 3.73. The molecule has 9 nitrogen and oxygen atoms in total. The van der Waals surface area contributed by atoms with Crippen molar-refractivity contribution in [3.8, 4) is 11.5 Å². The van der Waals surface area contributed by atoms with E-state index in [0.717, 1.165) is 18.4 Å². The lowest BCUT2D eigenvalue weighted by molar-refractivity contribution is -0.384. The van der Waals surface area contributed by atoms with Crippen molar-refractivity contribution in [3.05, 3.63) is 57.6 Å². The summed E-state index contributed by atoms with van der Waals surface area (Å²) in [5, 5.41) is 27.0. The van der Waals surface area contributed by atoms with Crippen molar-refractivity contribution in [3.63, 3.8) is 0 Å². The van der Waals surface area contributed by atoms with Gasteiger partial charge in [0, 0.05) is 30.4 Å². The highest BCUT2D eigenvalue weighted by Crippen LogP contribution is 2.32. The maximum Gasteiger partial charge on any atom is 0.270 e. The lowest BCUT2D eigenvalue weighted by atomic mass is 9.92. The van der Waals surface area contributed by atoms with Crippen molar-refractivity contribution in [2.75, 3.05) is 12.1 Å². The second-order valence-corrected chi connectivity index (χ2v) is 7.51. The first-order chi connectivity index (χ1) is 14.5. The minimum atomic E-state index is -0.518. The number of amides is 1. The number of ether oxygens (including phenoxy) is 2. The van der Waals surface area contributed by atoms with Crippen LogP contribution in [0.3, 0.4) is 0 Å². The van der Waals surface area contributed by atoms with Gasteiger partial charge in [-0.05, 0) is 49.4 Å². The van der Waals surface area contributed by atoms with Gasteiger partial charge < -0.3 is 25.2 Å². The molecule has 3 N–H and O–H groups in total. The van der Waals surface area contributed by atoms with Crippen molar-refractivity contribution >= 4 is 17.3 Å². The molecule has 1 heterocycles. The molecule has 0 unspecified atom stereocenters. The van der Waals surface area contributed by atoms with Crippen LogP contribution in [0.4, 0.5) is 11.4 Å². The van der Waals surface area contributed by atoms with E-state index in [0.29, 0.717) is 30.0 Å². The highest BCUT2D eigenvalue weighted by atomic mass is 16.7. The molecule has 2 aromatic rings. The zero-order valence-electron chi connectivity index (χ0n) is 16.3. The van der Waals surface area contributed by atoms with Crippen LogP contribution >= 0.6 is 0 Å². The summed E-state index contributed by atoms with van der Waals surface area (Å²) in [5.74, 6) is 0.876. The summed E-state index contributed by atoms with van der Waals surface area (Å²) < 4.78 is 10.6. The number of nitro benzene ring substituents is 1. The van der Waals surface area contributed by atoms with Gasteiger partial charge in [0.25, 0.3) is 11.6 Å². The molecule has 0 aromatic heterocycles. The topological polar surface area (TPSA) is 123 Å². The molecule has 0 saturated heterocycles. The van der Waals surface area contributed by atoms with Gasteiger partial charge >= 0.3 is 0 Å². The molecular weight excluding hydrogens is 390 g/mol. The van der Waals surface area contributed by atoms with E-state index in [2.05, 4.69) is 10.6 Å². The number of anilines is 1. The average Bonchev–Trinajstić information content (AvgIpc) is 3.21. The van der Waals surface area contributed by atoms with Crippen molar-refractivity contribution in [2.24, 2.45) is 0 Å². The van der Waals surface area contributed by atoms with Gasteiger partial charge in [0.2, 0.25) is 6.79 Å². The molecule has 1 aliphatic heterocycles. The Morgan fingerprint density at radius 1 is 1.10 bits per heavy atom. The number of non-ortho nitro benzene ring substituents is 1. The number of benzene rings is 2. The molecule has 4 rings (SSSR count). The number of carbonyl (C=O) groups is 1. The SMILES string of the molecule is O=C(NCc1ccc2c(c1)OCO2)c1cc([N+](=O)[O-])ccc1NC1CCC(O)CC1. The second-order valence-electron chi connectivity index (χ2n) is 7.51. The molecule has 1 saturated carbocycles. The van der Waals surface area contributed by atoms with Crippen LogP contribution in [-0.2, 0) is 6.54 Å². The van der Waals surface area contributed by atoms with Gasteiger partial charge in [0.05, 0.1) is 16.6 Å². The fourth-order valence-electron chi connectivity index (χ4n) is 3.73. The average molecular weight is 413 g/mol. The van der Waals surface area contributed by atoms with E-state index in [-0.39, 0.29) is 36.7 Å². The molecule has 2 aromatic carbocycles. The highest BCUT2D eigenvalue weighted by Gasteiger charge is 2.23. The first kappa shape index (κ1) is 20.0. The largest absolute Gasteiger partial charge is 0.454 e. The Balaban J connectivity index is 1.49. The molecule has 0 spiro atoms. The molecule has 2 aliphatic rings. The Hall–Kier alpha value is -3.33. The molecule has 0 atom stereocenters. The quantitative estimate of drug-likeness (QED) is 0.491. The number of carbonyl (C=O) groups excluding carboxylic acids is 1. The van der Waals surface area contributed by atoms with E-state index < -0.39 is 10.8 Å². The maximum absolute atomic E-state index is 12.9. The van der Waals surface area contributed by atoms with Crippen LogP contribution in [-0.4, -0.2) is 34.9 Å². The summed E-state index contributed by atoms with van der Waals surface area (Å²) in [6, 6.07) is 9.75. The number of rotatable bonds is 6. The van der Waals surface area contributed by atoms with Crippen LogP contribution in [0.2, 0.25) is 0 Å². The first-order valence-electron chi connectivity index (χ1n) is 9.89. The predicted octanol–water partition coefficient (Wildman–Crippen LogP) is 2.97. The second kappa shape index (κ2) is 8.58. The van der Waals surface area contributed by atoms with Crippen LogP contribution < -0.4 is 20.1 Å². The van der Waals surface area contributed by atoms with Crippen molar-refractivity contribution < 1.29 is 24.3 Å². The smallest absolute Gasteiger partial charge is 0.270 e. The van der Waals surface area contributed by atoms with Gasteiger partial charge in [0.15, 0.2) is 11.5 Å². The number of hydrogen-bond donors (Lipinski definition) is 3. The minimum Gasteiger partial charge on any atom is -0.454 e. The fraction of sp³-hybridized carbons (Fsp3) is 0.381. The Morgan fingerprint density at radius 3 is 2.63 bits per heavy atom. The number of aliphatic hydroxyl groups excluding tert-OH is 1. The van der Waals surface area contributed by atoms with Crippen molar-refractivity contribution in [1.29, 1.82) is 0 Å². The van der Waals surface area contributed by atoms with Crippen molar-refractivity contribution in [2.45, 2.75) is 44.4 Å². The van der Waals surface area contributed by atoms with E-state index in [1.54, 1.807) is 18.2 Å². The van der Waals surface area contributed by atoms with Crippen LogP contribution in [0.15, 0.2) is 36.4 Å². The zero-order valence-corrected chi connectivity index (χ0v) is 16.3. The highest BCUT2D eigenvalue weighted by molar-refractivity contribution is 6.00. The van der Waals surface area contributed by atoms with Crippen molar-refractivity contribution in [1.82, 2.24) is 5.32 Å². The monoisotopic (exact) mass is 413 g/mol. The summed E-state index contributed by atoms with van der Waals surface area (Å²) in [6.07, 6.45) is 2.64. The van der Waals surface area contributed by atoms with E-state index in [4.69, 9.17) is 9.47 Å². The number of nitrogens with one attached hydrogen (secondary N) is 2. The van der Waals surface area contributed by atoms with E-state index in [9.17, 15) is 20.0 Å². The third kappa shape index (κ3) is 4.46. The van der Waals surface area contributed by atoms with Gasteiger partial charge in [0.1, 0.15) is 0 Å². The lowest BCUT2D eigenvalue weighted by Crippen LogP contribution is -2.30.